The molecule has 0 aromatic heterocycles. The van der Waals surface area contributed by atoms with E-state index in [1.807, 2.05) is 0 Å². The second-order valence-electron chi connectivity index (χ2n) is 2.77. The predicted octanol–water partition coefficient (Wildman–Crippen LogP) is 1.76. The van der Waals surface area contributed by atoms with Crippen LogP contribution in [-0.2, 0) is 0 Å². The van der Waals surface area contributed by atoms with Crippen molar-refractivity contribution in [3.63, 3.8) is 0 Å². The van der Waals surface area contributed by atoms with E-state index in [0.29, 0.717) is 17.3 Å². The Kier molecular flexibility index (Phi) is 3.39. The van der Waals surface area contributed by atoms with Gasteiger partial charge >= 0.3 is 0 Å². The third-order valence-electron chi connectivity index (χ3n) is 1.71. The molecule has 3 N–H and O–H groups in total. The summed E-state index contributed by atoms with van der Waals surface area (Å²) in [4.78, 5) is 0. The highest BCUT2D eigenvalue weighted by Crippen LogP contribution is 2.29. The number of aryl methyl sites for hydroxylation is 1. The first-order chi connectivity index (χ1) is 6.15. The van der Waals surface area contributed by atoms with Crippen LogP contribution in [0.1, 0.15) is 5.56 Å². The molecule has 0 aliphatic heterocycles. The Morgan fingerprint density at radius 1 is 1.46 bits per heavy atom. The fourth-order valence-corrected chi connectivity index (χ4v) is 1.27. The number of halogens is 1. The lowest BCUT2D eigenvalue weighted by Crippen LogP contribution is -2.05. The normalized spacial score (nSPS) is 10.1. The fourth-order valence-electron chi connectivity index (χ4n) is 0.987. The fraction of sp³-hybridized carbons (Fsp3) is 0.333. The molecule has 4 heteroatoms. The summed E-state index contributed by atoms with van der Waals surface area (Å²) >= 11 is 5.88. The molecule has 1 aromatic rings. The van der Waals surface area contributed by atoms with Gasteiger partial charge in [-0.15, -0.1) is 0 Å². The molecule has 72 valence electrons. The van der Waals surface area contributed by atoms with E-state index in [0.717, 1.165) is 5.56 Å². The van der Waals surface area contributed by atoms with Crippen molar-refractivity contribution in [1.29, 1.82) is 0 Å². The van der Waals surface area contributed by atoms with E-state index < -0.39 is 0 Å². The summed E-state index contributed by atoms with van der Waals surface area (Å²) in [5.41, 5.74) is 1.37. The molecule has 3 nitrogen and oxygen atoms in total. The summed E-state index contributed by atoms with van der Waals surface area (Å²) in [6.07, 6.45) is 0. The maximum atomic E-state index is 9.36. The first kappa shape index (κ1) is 10.2. The summed E-state index contributed by atoms with van der Waals surface area (Å²) in [7, 11) is 0. The average molecular weight is 202 g/mol. The van der Waals surface area contributed by atoms with E-state index in [9.17, 15) is 5.11 Å². The van der Waals surface area contributed by atoms with Gasteiger partial charge < -0.3 is 15.5 Å². The Hall–Kier alpha value is -0.930. The zero-order valence-electron chi connectivity index (χ0n) is 7.34. The number of benzene rings is 1. The van der Waals surface area contributed by atoms with Gasteiger partial charge in [0.1, 0.15) is 5.75 Å². The molecule has 1 aromatic carbocycles. The van der Waals surface area contributed by atoms with Crippen LogP contribution in [0.15, 0.2) is 12.1 Å². The Labute approximate surface area is 82.0 Å². The second kappa shape index (κ2) is 4.35. The largest absolute Gasteiger partial charge is 0.508 e. The molecule has 0 saturated carbocycles. The van der Waals surface area contributed by atoms with Crippen LogP contribution in [0.5, 0.6) is 5.75 Å². The molecule has 0 heterocycles. The first-order valence-corrected chi connectivity index (χ1v) is 4.37. The van der Waals surface area contributed by atoms with Gasteiger partial charge in [-0.3, -0.25) is 0 Å². The maximum Gasteiger partial charge on any atom is 0.120 e. The molecule has 0 spiro atoms. The second-order valence-corrected chi connectivity index (χ2v) is 3.18. The Morgan fingerprint density at radius 3 is 2.77 bits per heavy atom. The van der Waals surface area contributed by atoms with Gasteiger partial charge in [-0.2, -0.15) is 0 Å². The SMILES string of the molecule is Cc1cc(Cl)c(NCCO)cc1O. The quantitative estimate of drug-likeness (QED) is 0.699. The Morgan fingerprint density at radius 2 is 2.15 bits per heavy atom. The number of aromatic hydroxyl groups is 1. The highest BCUT2D eigenvalue weighted by Gasteiger charge is 2.03. The lowest BCUT2D eigenvalue weighted by atomic mass is 10.2. The van der Waals surface area contributed by atoms with Crippen molar-refractivity contribution in [3.8, 4) is 5.75 Å². The molecule has 0 bridgehead atoms. The molecular formula is C9H12ClNO2. The Bertz CT molecular complexity index is 302. The van der Waals surface area contributed by atoms with Crippen molar-refractivity contribution in [2.75, 3.05) is 18.5 Å². The third kappa shape index (κ3) is 2.50. The number of hydrogen-bond acceptors (Lipinski definition) is 3. The summed E-state index contributed by atoms with van der Waals surface area (Å²) in [6, 6.07) is 3.23. The summed E-state index contributed by atoms with van der Waals surface area (Å²) in [6.45, 7) is 2.23. The lowest BCUT2D eigenvalue weighted by molar-refractivity contribution is 0.311. The Balaban J connectivity index is 2.88. The monoisotopic (exact) mass is 201 g/mol. The van der Waals surface area contributed by atoms with Crippen LogP contribution in [-0.4, -0.2) is 23.4 Å². The smallest absolute Gasteiger partial charge is 0.120 e. The molecular weight excluding hydrogens is 190 g/mol. The summed E-state index contributed by atoms with van der Waals surface area (Å²) in [5.74, 6) is 0.199. The van der Waals surface area contributed by atoms with Crippen molar-refractivity contribution in [2.45, 2.75) is 6.92 Å². The van der Waals surface area contributed by atoms with Crippen LogP contribution in [0.25, 0.3) is 0 Å². The minimum Gasteiger partial charge on any atom is -0.508 e. The molecule has 13 heavy (non-hydrogen) atoms. The molecule has 0 aliphatic carbocycles. The lowest BCUT2D eigenvalue weighted by Gasteiger charge is -2.08. The number of phenols is 1. The van der Waals surface area contributed by atoms with Crippen molar-refractivity contribution in [1.82, 2.24) is 0 Å². The number of phenolic OH excluding ortho intramolecular Hbond substituents is 1. The molecule has 0 atom stereocenters. The molecule has 0 aliphatic rings. The molecule has 1 rings (SSSR count). The van der Waals surface area contributed by atoms with Gasteiger partial charge in [0, 0.05) is 12.6 Å². The number of hydrogen-bond donors (Lipinski definition) is 3. The van der Waals surface area contributed by atoms with Crippen LogP contribution in [0.4, 0.5) is 5.69 Å². The van der Waals surface area contributed by atoms with E-state index in [4.69, 9.17) is 16.7 Å². The summed E-state index contributed by atoms with van der Waals surface area (Å²) in [5, 5.41) is 21.4. The number of nitrogens with one attached hydrogen (secondary N) is 1. The molecule has 0 fully saturated rings. The molecule has 0 amide bonds. The maximum absolute atomic E-state index is 9.36. The van der Waals surface area contributed by atoms with Crippen LogP contribution < -0.4 is 5.32 Å². The van der Waals surface area contributed by atoms with Crippen molar-refractivity contribution >= 4 is 17.3 Å². The molecule has 0 saturated heterocycles. The zero-order valence-corrected chi connectivity index (χ0v) is 8.10. The zero-order chi connectivity index (χ0) is 9.84. The first-order valence-electron chi connectivity index (χ1n) is 3.99. The van der Waals surface area contributed by atoms with E-state index in [1.165, 1.54) is 0 Å². The van der Waals surface area contributed by atoms with Crippen LogP contribution in [0.3, 0.4) is 0 Å². The standard InChI is InChI=1S/C9H12ClNO2/c1-6-4-7(10)8(5-9(6)13)11-2-3-12/h4-5,11-13H,2-3H2,1H3. The number of rotatable bonds is 3. The van der Waals surface area contributed by atoms with Gasteiger partial charge in [0.25, 0.3) is 0 Å². The number of aliphatic hydroxyl groups is 1. The van der Waals surface area contributed by atoms with Gasteiger partial charge in [0.15, 0.2) is 0 Å². The molecule has 0 radical (unpaired) electrons. The van der Waals surface area contributed by atoms with Gasteiger partial charge in [-0.05, 0) is 18.6 Å². The highest BCUT2D eigenvalue weighted by atomic mass is 35.5. The van der Waals surface area contributed by atoms with Crippen molar-refractivity contribution in [3.05, 3.63) is 22.7 Å². The van der Waals surface area contributed by atoms with Crippen molar-refractivity contribution in [2.24, 2.45) is 0 Å². The van der Waals surface area contributed by atoms with Crippen molar-refractivity contribution < 1.29 is 10.2 Å². The minimum absolute atomic E-state index is 0.0327. The van der Waals surface area contributed by atoms with Gasteiger partial charge in [-0.1, -0.05) is 11.6 Å². The van der Waals surface area contributed by atoms with Crippen LogP contribution in [0.2, 0.25) is 5.02 Å². The van der Waals surface area contributed by atoms with E-state index >= 15 is 0 Å². The van der Waals surface area contributed by atoms with Crippen LogP contribution in [0, 0.1) is 6.92 Å². The number of aliphatic hydroxyl groups excluding tert-OH is 1. The van der Waals surface area contributed by atoms with E-state index in [2.05, 4.69) is 5.32 Å². The van der Waals surface area contributed by atoms with E-state index in [1.54, 1.807) is 19.1 Å². The average Bonchev–Trinajstić information content (AvgIpc) is 2.09. The number of anilines is 1. The van der Waals surface area contributed by atoms with Gasteiger partial charge in [0.2, 0.25) is 0 Å². The van der Waals surface area contributed by atoms with E-state index in [-0.39, 0.29) is 12.4 Å². The van der Waals surface area contributed by atoms with Gasteiger partial charge in [0.05, 0.1) is 17.3 Å². The third-order valence-corrected chi connectivity index (χ3v) is 2.03. The predicted molar refractivity (Wildman–Crippen MR) is 53.4 cm³/mol. The highest BCUT2D eigenvalue weighted by molar-refractivity contribution is 6.33. The topological polar surface area (TPSA) is 52.5 Å². The summed E-state index contributed by atoms with van der Waals surface area (Å²) < 4.78 is 0. The van der Waals surface area contributed by atoms with Crippen LogP contribution >= 0.6 is 11.6 Å². The molecule has 0 unspecified atom stereocenters. The van der Waals surface area contributed by atoms with Gasteiger partial charge in [-0.25, -0.2) is 0 Å². The minimum atomic E-state index is 0.0327.